The van der Waals surface area contributed by atoms with Gasteiger partial charge in [0.05, 0.1) is 5.75 Å². The molecule has 0 aliphatic carbocycles. The van der Waals surface area contributed by atoms with Crippen LogP contribution in [-0.2, 0) is 9.59 Å². The molecule has 0 saturated heterocycles. The van der Waals surface area contributed by atoms with Crippen LogP contribution in [0.3, 0.4) is 0 Å². The largest absolute Gasteiger partial charge is 0.325 e. The molecule has 0 aliphatic heterocycles. The first kappa shape index (κ1) is 29.1. The highest BCUT2D eigenvalue weighted by molar-refractivity contribution is 9.10. The van der Waals surface area contributed by atoms with E-state index in [1.165, 1.54) is 11.8 Å². The maximum atomic E-state index is 13.3. The Morgan fingerprint density at radius 3 is 2.38 bits per heavy atom. The van der Waals surface area contributed by atoms with Crippen molar-refractivity contribution in [3.63, 3.8) is 0 Å². The van der Waals surface area contributed by atoms with Gasteiger partial charge in [0, 0.05) is 31.3 Å². The number of aryl methyl sites for hydroxylation is 1. The summed E-state index contributed by atoms with van der Waals surface area (Å²) in [6, 6.07) is 28.5. The number of rotatable bonds is 9. The van der Waals surface area contributed by atoms with Crippen molar-refractivity contribution in [1.29, 1.82) is 0 Å². The molecule has 0 saturated carbocycles. The molecule has 0 unspecified atom stereocenters. The van der Waals surface area contributed by atoms with Gasteiger partial charge in [0.15, 0.2) is 0 Å². The molecule has 4 aromatic rings. The highest BCUT2D eigenvalue weighted by Crippen LogP contribution is 2.24. The first-order valence-corrected chi connectivity index (χ1v) is 14.4. The monoisotopic (exact) mass is 633 g/mol. The minimum atomic E-state index is -0.483. The highest BCUT2D eigenvalue weighted by Gasteiger charge is 2.15. The summed E-state index contributed by atoms with van der Waals surface area (Å²) < 4.78 is 0.898. The zero-order valence-corrected chi connectivity index (χ0v) is 24.6. The van der Waals surface area contributed by atoms with E-state index in [9.17, 15) is 14.4 Å². The van der Waals surface area contributed by atoms with E-state index >= 15 is 0 Å². The standard InChI is InChI=1S/C31H25BrClN3O3S/c1-20-10-15-24(33)17-27(20)35-29(37)19-40-26-9-5-8-25(18-26)34-31(39)28(16-21-11-13-23(32)14-12-21)36-30(38)22-6-3-2-4-7-22/h2-18H,19H2,1H3,(H,34,39)(H,35,37)(H,36,38)/b28-16+. The van der Waals surface area contributed by atoms with Gasteiger partial charge in [-0.05, 0) is 78.7 Å². The van der Waals surface area contributed by atoms with E-state index in [0.717, 1.165) is 20.5 Å². The molecular weight excluding hydrogens is 610 g/mol. The number of anilines is 2. The van der Waals surface area contributed by atoms with Gasteiger partial charge in [0.1, 0.15) is 5.70 Å². The first-order valence-electron chi connectivity index (χ1n) is 12.2. The minimum absolute atomic E-state index is 0.0884. The van der Waals surface area contributed by atoms with Crippen molar-refractivity contribution in [3.8, 4) is 0 Å². The van der Waals surface area contributed by atoms with Gasteiger partial charge >= 0.3 is 0 Å². The van der Waals surface area contributed by atoms with Gasteiger partial charge in [-0.15, -0.1) is 11.8 Å². The van der Waals surface area contributed by atoms with Gasteiger partial charge in [-0.3, -0.25) is 14.4 Å². The van der Waals surface area contributed by atoms with Crippen molar-refractivity contribution < 1.29 is 14.4 Å². The van der Waals surface area contributed by atoms with Crippen LogP contribution in [0.4, 0.5) is 11.4 Å². The maximum absolute atomic E-state index is 13.3. The lowest BCUT2D eigenvalue weighted by Gasteiger charge is -2.12. The number of nitrogens with one attached hydrogen (secondary N) is 3. The van der Waals surface area contributed by atoms with Crippen LogP contribution >= 0.6 is 39.3 Å². The van der Waals surface area contributed by atoms with E-state index in [4.69, 9.17) is 11.6 Å². The van der Waals surface area contributed by atoms with Gasteiger partial charge < -0.3 is 16.0 Å². The van der Waals surface area contributed by atoms with Gasteiger partial charge in [-0.2, -0.15) is 0 Å². The fourth-order valence-electron chi connectivity index (χ4n) is 3.59. The Hall–Kier alpha value is -3.85. The fourth-order valence-corrected chi connectivity index (χ4v) is 4.79. The number of hydrogen-bond acceptors (Lipinski definition) is 4. The third kappa shape index (κ3) is 8.58. The zero-order valence-electron chi connectivity index (χ0n) is 21.4. The number of amides is 3. The quantitative estimate of drug-likeness (QED) is 0.131. The average molecular weight is 635 g/mol. The van der Waals surface area contributed by atoms with E-state index in [-0.39, 0.29) is 17.4 Å². The molecule has 4 rings (SSSR count). The van der Waals surface area contributed by atoms with Crippen LogP contribution in [0.5, 0.6) is 0 Å². The van der Waals surface area contributed by atoms with Gasteiger partial charge in [-0.1, -0.05) is 70.0 Å². The Morgan fingerprint density at radius 1 is 0.875 bits per heavy atom. The smallest absolute Gasteiger partial charge is 0.272 e. The lowest BCUT2D eigenvalue weighted by Crippen LogP contribution is -2.30. The SMILES string of the molecule is Cc1ccc(Cl)cc1NC(=O)CSc1cccc(NC(=O)/C(=C\c2ccc(Br)cc2)NC(=O)c2ccccc2)c1. The van der Waals surface area contributed by atoms with Crippen molar-refractivity contribution in [2.75, 3.05) is 16.4 Å². The molecule has 9 heteroatoms. The molecule has 0 heterocycles. The number of carbonyl (C=O) groups excluding carboxylic acids is 3. The number of halogens is 2. The zero-order chi connectivity index (χ0) is 28.5. The topological polar surface area (TPSA) is 87.3 Å². The van der Waals surface area contributed by atoms with Crippen LogP contribution in [0, 0.1) is 6.92 Å². The maximum Gasteiger partial charge on any atom is 0.272 e. The Labute approximate surface area is 250 Å². The summed E-state index contributed by atoms with van der Waals surface area (Å²) in [5.74, 6) is -0.883. The highest BCUT2D eigenvalue weighted by atomic mass is 79.9. The van der Waals surface area contributed by atoms with Crippen LogP contribution < -0.4 is 16.0 Å². The molecule has 3 amide bonds. The van der Waals surface area contributed by atoms with Crippen molar-refractivity contribution in [2.24, 2.45) is 0 Å². The molecule has 3 N–H and O–H groups in total. The van der Waals surface area contributed by atoms with Crippen molar-refractivity contribution in [3.05, 3.63) is 129 Å². The molecule has 0 spiro atoms. The molecule has 0 atom stereocenters. The third-order valence-electron chi connectivity index (χ3n) is 5.65. The van der Waals surface area contributed by atoms with Crippen molar-refractivity contribution in [1.82, 2.24) is 5.32 Å². The van der Waals surface area contributed by atoms with Crippen LogP contribution in [0.25, 0.3) is 6.08 Å². The Balaban J connectivity index is 1.45. The van der Waals surface area contributed by atoms with Crippen LogP contribution in [0.1, 0.15) is 21.5 Å². The molecule has 202 valence electrons. The fraction of sp³-hybridized carbons (Fsp3) is 0.0645. The van der Waals surface area contributed by atoms with Gasteiger partial charge in [0.25, 0.3) is 11.8 Å². The molecule has 0 aliphatic rings. The average Bonchev–Trinajstić information content (AvgIpc) is 2.95. The lowest BCUT2D eigenvalue weighted by molar-refractivity contribution is -0.114. The molecule has 0 aromatic heterocycles. The molecule has 4 aromatic carbocycles. The summed E-state index contributed by atoms with van der Waals surface area (Å²) in [7, 11) is 0. The number of thioether (sulfide) groups is 1. The van der Waals surface area contributed by atoms with Crippen molar-refractivity contribution in [2.45, 2.75) is 11.8 Å². The molecule has 0 radical (unpaired) electrons. The molecule has 6 nitrogen and oxygen atoms in total. The summed E-state index contributed by atoms with van der Waals surface area (Å²) in [5, 5.41) is 9.01. The molecule has 40 heavy (non-hydrogen) atoms. The first-order chi connectivity index (χ1) is 19.3. The predicted octanol–water partition coefficient (Wildman–Crippen LogP) is 7.55. The van der Waals surface area contributed by atoms with Crippen LogP contribution in [0.15, 0.2) is 112 Å². The van der Waals surface area contributed by atoms with Crippen LogP contribution in [0.2, 0.25) is 5.02 Å². The van der Waals surface area contributed by atoms with E-state index in [0.29, 0.717) is 22.0 Å². The van der Waals surface area contributed by atoms with Gasteiger partial charge in [-0.25, -0.2) is 0 Å². The number of benzene rings is 4. The summed E-state index contributed by atoms with van der Waals surface area (Å²) in [5.41, 5.74) is 3.37. The van der Waals surface area contributed by atoms with Crippen molar-refractivity contribution >= 4 is 74.5 Å². The van der Waals surface area contributed by atoms with E-state index < -0.39 is 11.8 Å². The second-order valence-electron chi connectivity index (χ2n) is 8.71. The summed E-state index contributed by atoms with van der Waals surface area (Å²) in [4.78, 5) is 39.5. The Kier molecular flexibility index (Phi) is 10.2. The van der Waals surface area contributed by atoms with Gasteiger partial charge in [0.2, 0.25) is 5.91 Å². The summed E-state index contributed by atoms with van der Waals surface area (Å²) in [6.07, 6.45) is 1.61. The summed E-state index contributed by atoms with van der Waals surface area (Å²) in [6.45, 7) is 1.90. The predicted molar refractivity (Wildman–Crippen MR) is 167 cm³/mol. The minimum Gasteiger partial charge on any atom is -0.325 e. The van der Waals surface area contributed by atoms with E-state index in [1.54, 1.807) is 60.7 Å². The molecular formula is C31H25BrClN3O3S. The second kappa shape index (κ2) is 14.0. The van der Waals surface area contributed by atoms with Crippen LogP contribution in [-0.4, -0.2) is 23.5 Å². The van der Waals surface area contributed by atoms with E-state index in [2.05, 4.69) is 31.9 Å². The lowest BCUT2D eigenvalue weighted by atomic mass is 10.1. The number of carbonyl (C=O) groups is 3. The second-order valence-corrected chi connectivity index (χ2v) is 11.1. The van der Waals surface area contributed by atoms with E-state index in [1.807, 2.05) is 49.4 Å². The third-order valence-corrected chi connectivity index (χ3v) is 7.40. The molecule has 0 fully saturated rings. The Morgan fingerprint density at radius 2 is 1.62 bits per heavy atom. The molecule has 0 bridgehead atoms. The number of hydrogen-bond donors (Lipinski definition) is 3. The Bertz CT molecular complexity index is 1560. The summed E-state index contributed by atoms with van der Waals surface area (Å²) >= 11 is 10.8. The normalized spacial score (nSPS) is 11.0.